The molecule has 0 rings (SSSR count). The van der Waals surface area contributed by atoms with Crippen molar-refractivity contribution in [2.75, 3.05) is 6.54 Å². The Kier molecular flexibility index (Phi) is 7.45. The molecule has 0 saturated carbocycles. The Morgan fingerprint density at radius 2 is 2.06 bits per heavy atom. The van der Waals surface area contributed by atoms with Gasteiger partial charge in [0.05, 0.1) is 5.70 Å². The van der Waals surface area contributed by atoms with E-state index in [4.69, 9.17) is 16.6 Å². The standard InChI is InChI=1S/C11H19N3O3/c1-8(12)10(15)5-7-14-6-3-2-4-9(13)11(16)17/h5,7,9,14H,1-4,6,12-13H2,(H,16,17)/b7-5-/t9-/m0/s1. The minimum absolute atomic E-state index is 0.00418. The highest BCUT2D eigenvalue weighted by atomic mass is 16.4. The van der Waals surface area contributed by atoms with Crippen LogP contribution in [0.5, 0.6) is 0 Å². The van der Waals surface area contributed by atoms with Gasteiger partial charge in [-0.2, -0.15) is 0 Å². The van der Waals surface area contributed by atoms with Gasteiger partial charge in [-0.1, -0.05) is 6.58 Å². The van der Waals surface area contributed by atoms with Crippen molar-refractivity contribution in [3.05, 3.63) is 24.6 Å². The lowest BCUT2D eigenvalue weighted by molar-refractivity contribution is -0.138. The third-order valence-corrected chi connectivity index (χ3v) is 2.07. The molecule has 6 nitrogen and oxygen atoms in total. The molecule has 0 radical (unpaired) electrons. The van der Waals surface area contributed by atoms with E-state index in [-0.39, 0.29) is 11.5 Å². The number of carbonyl (C=O) groups excluding carboxylic acids is 1. The molecule has 0 saturated heterocycles. The Morgan fingerprint density at radius 1 is 1.41 bits per heavy atom. The van der Waals surface area contributed by atoms with Gasteiger partial charge in [-0.15, -0.1) is 0 Å². The molecule has 0 aromatic heterocycles. The number of carboxylic acid groups (broad SMARTS) is 1. The van der Waals surface area contributed by atoms with E-state index in [1.807, 2.05) is 0 Å². The number of aliphatic carboxylic acids is 1. The molecular weight excluding hydrogens is 222 g/mol. The van der Waals surface area contributed by atoms with Crippen molar-refractivity contribution in [2.24, 2.45) is 11.5 Å². The largest absolute Gasteiger partial charge is 0.480 e. The Morgan fingerprint density at radius 3 is 2.59 bits per heavy atom. The minimum Gasteiger partial charge on any atom is -0.480 e. The van der Waals surface area contributed by atoms with Crippen LogP contribution in [0.4, 0.5) is 0 Å². The first kappa shape index (κ1) is 15.2. The fraction of sp³-hybridized carbons (Fsp3) is 0.455. The molecule has 0 amide bonds. The first-order chi connectivity index (χ1) is 7.95. The van der Waals surface area contributed by atoms with Crippen molar-refractivity contribution < 1.29 is 14.7 Å². The quantitative estimate of drug-likeness (QED) is 0.325. The average molecular weight is 241 g/mol. The number of carboxylic acids is 1. The van der Waals surface area contributed by atoms with Gasteiger partial charge in [0.2, 0.25) is 5.78 Å². The lowest BCUT2D eigenvalue weighted by Crippen LogP contribution is -2.29. The van der Waals surface area contributed by atoms with E-state index in [1.165, 1.54) is 12.3 Å². The van der Waals surface area contributed by atoms with Crippen LogP contribution in [0.15, 0.2) is 24.6 Å². The topological polar surface area (TPSA) is 118 Å². The van der Waals surface area contributed by atoms with Crippen molar-refractivity contribution in [3.63, 3.8) is 0 Å². The van der Waals surface area contributed by atoms with Gasteiger partial charge in [-0.3, -0.25) is 9.59 Å². The average Bonchev–Trinajstić information content (AvgIpc) is 2.26. The molecule has 0 aliphatic heterocycles. The van der Waals surface area contributed by atoms with E-state index in [1.54, 1.807) is 0 Å². The Balaban J connectivity index is 3.50. The number of carbonyl (C=O) groups is 2. The van der Waals surface area contributed by atoms with Crippen LogP contribution in [0.2, 0.25) is 0 Å². The molecule has 0 spiro atoms. The summed E-state index contributed by atoms with van der Waals surface area (Å²) in [6.45, 7) is 3.94. The summed E-state index contributed by atoms with van der Waals surface area (Å²) in [5, 5.41) is 11.4. The van der Waals surface area contributed by atoms with Crippen LogP contribution >= 0.6 is 0 Å². The first-order valence-electron chi connectivity index (χ1n) is 5.32. The zero-order chi connectivity index (χ0) is 13.3. The maximum atomic E-state index is 11.0. The SMILES string of the molecule is C=C(N)C(=O)/C=C\NCCCC[C@H](N)C(=O)O. The molecule has 17 heavy (non-hydrogen) atoms. The van der Waals surface area contributed by atoms with Gasteiger partial charge >= 0.3 is 5.97 Å². The highest BCUT2D eigenvalue weighted by molar-refractivity contribution is 6.02. The molecule has 1 atom stereocenters. The number of ketones is 1. The molecule has 0 aromatic rings. The van der Waals surface area contributed by atoms with Crippen LogP contribution in [0.3, 0.4) is 0 Å². The Bertz CT molecular complexity index is 313. The molecule has 0 bridgehead atoms. The fourth-order valence-electron chi connectivity index (χ4n) is 1.04. The van der Waals surface area contributed by atoms with Crippen LogP contribution in [0.1, 0.15) is 19.3 Å². The van der Waals surface area contributed by atoms with Crippen molar-refractivity contribution in [1.82, 2.24) is 5.32 Å². The second kappa shape index (κ2) is 8.35. The summed E-state index contributed by atoms with van der Waals surface area (Å²) >= 11 is 0. The van der Waals surface area contributed by atoms with Crippen LogP contribution < -0.4 is 16.8 Å². The van der Waals surface area contributed by atoms with E-state index in [9.17, 15) is 9.59 Å². The molecule has 0 fully saturated rings. The highest BCUT2D eigenvalue weighted by Gasteiger charge is 2.09. The Hall–Kier alpha value is -1.82. The summed E-state index contributed by atoms with van der Waals surface area (Å²) in [6.07, 6.45) is 4.73. The molecule has 0 aliphatic rings. The number of hydrogen-bond donors (Lipinski definition) is 4. The summed E-state index contributed by atoms with van der Waals surface area (Å²) in [5.74, 6) is -1.31. The van der Waals surface area contributed by atoms with Crippen LogP contribution in [-0.4, -0.2) is 29.4 Å². The predicted molar refractivity (Wildman–Crippen MR) is 64.9 cm³/mol. The molecule has 0 aliphatic carbocycles. The van der Waals surface area contributed by atoms with Crippen molar-refractivity contribution in [1.29, 1.82) is 0 Å². The molecule has 96 valence electrons. The minimum atomic E-state index is -0.982. The van der Waals surface area contributed by atoms with Gasteiger partial charge in [-0.05, 0) is 19.3 Å². The zero-order valence-electron chi connectivity index (χ0n) is 9.69. The van der Waals surface area contributed by atoms with Gasteiger partial charge in [0.25, 0.3) is 0 Å². The first-order valence-corrected chi connectivity index (χ1v) is 5.32. The zero-order valence-corrected chi connectivity index (χ0v) is 9.69. The summed E-state index contributed by atoms with van der Waals surface area (Å²) in [4.78, 5) is 21.4. The maximum absolute atomic E-state index is 11.0. The van der Waals surface area contributed by atoms with E-state index in [0.717, 1.165) is 6.42 Å². The van der Waals surface area contributed by atoms with Gasteiger partial charge in [0.1, 0.15) is 6.04 Å². The smallest absolute Gasteiger partial charge is 0.320 e. The summed E-state index contributed by atoms with van der Waals surface area (Å²) < 4.78 is 0. The van der Waals surface area contributed by atoms with Gasteiger partial charge in [-0.25, -0.2) is 0 Å². The lowest BCUT2D eigenvalue weighted by atomic mass is 10.1. The predicted octanol–water partition coefficient (Wildman–Crippen LogP) is -0.287. The third kappa shape index (κ3) is 8.04. The van der Waals surface area contributed by atoms with Crippen LogP contribution in [0, 0.1) is 0 Å². The molecule has 0 unspecified atom stereocenters. The van der Waals surface area contributed by atoms with Crippen molar-refractivity contribution in [3.8, 4) is 0 Å². The number of allylic oxidation sites excluding steroid dienone is 1. The fourth-order valence-corrected chi connectivity index (χ4v) is 1.04. The molecular formula is C11H19N3O3. The highest BCUT2D eigenvalue weighted by Crippen LogP contribution is 1.98. The second-order valence-electron chi connectivity index (χ2n) is 3.62. The maximum Gasteiger partial charge on any atom is 0.320 e. The normalized spacial score (nSPS) is 12.3. The molecule has 0 aromatic carbocycles. The molecule has 0 heterocycles. The number of nitrogens with one attached hydrogen (secondary N) is 1. The van der Waals surface area contributed by atoms with E-state index < -0.39 is 12.0 Å². The number of unbranched alkanes of at least 4 members (excludes halogenated alkanes) is 1. The number of nitrogens with two attached hydrogens (primary N) is 2. The van der Waals surface area contributed by atoms with Gasteiger partial charge < -0.3 is 21.9 Å². The lowest BCUT2D eigenvalue weighted by Gasteiger charge is -2.05. The van der Waals surface area contributed by atoms with Crippen LogP contribution in [-0.2, 0) is 9.59 Å². The second-order valence-corrected chi connectivity index (χ2v) is 3.62. The van der Waals surface area contributed by atoms with Crippen molar-refractivity contribution >= 4 is 11.8 Å². The Labute approximate surface area is 100 Å². The summed E-state index contributed by atoms with van der Waals surface area (Å²) in [6, 6.07) is -0.798. The number of hydrogen-bond acceptors (Lipinski definition) is 5. The van der Waals surface area contributed by atoms with Gasteiger partial charge in [0, 0.05) is 18.8 Å². The molecule has 6 N–H and O–H groups in total. The monoisotopic (exact) mass is 241 g/mol. The molecule has 6 heteroatoms. The van der Waals surface area contributed by atoms with Gasteiger partial charge in [0.15, 0.2) is 0 Å². The van der Waals surface area contributed by atoms with Crippen molar-refractivity contribution in [2.45, 2.75) is 25.3 Å². The van der Waals surface area contributed by atoms with E-state index in [0.29, 0.717) is 19.4 Å². The summed E-state index contributed by atoms with van der Waals surface area (Å²) in [5.41, 5.74) is 10.5. The van der Waals surface area contributed by atoms with E-state index in [2.05, 4.69) is 11.9 Å². The third-order valence-electron chi connectivity index (χ3n) is 2.07. The number of rotatable bonds is 9. The van der Waals surface area contributed by atoms with Crippen LogP contribution in [0.25, 0.3) is 0 Å². The summed E-state index contributed by atoms with van der Waals surface area (Å²) in [7, 11) is 0. The van der Waals surface area contributed by atoms with E-state index >= 15 is 0 Å².